The van der Waals surface area contributed by atoms with Gasteiger partial charge in [-0.25, -0.2) is 4.39 Å². The van der Waals surface area contributed by atoms with Crippen LogP contribution in [0.5, 0.6) is 0 Å². The number of benzene rings is 2. The Bertz CT molecular complexity index is 658. The van der Waals surface area contributed by atoms with Gasteiger partial charge in [-0.3, -0.25) is 4.79 Å². The van der Waals surface area contributed by atoms with Crippen LogP contribution in [0.25, 0.3) is 0 Å². The number of nitrogen functional groups attached to an aromatic ring is 1. The van der Waals surface area contributed by atoms with Crippen LogP contribution in [0.1, 0.15) is 21.5 Å². The van der Waals surface area contributed by atoms with E-state index in [4.69, 9.17) is 17.3 Å². The Morgan fingerprint density at radius 1 is 1.30 bits per heavy atom. The lowest BCUT2D eigenvalue weighted by Crippen LogP contribution is -2.23. The lowest BCUT2D eigenvalue weighted by atomic mass is 10.1. The number of halogens is 2. The van der Waals surface area contributed by atoms with E-state index in [-0.39, 0.29) is 17.5 Å². The van der Waals surface area contributed by atoms with Gasteiger partial charge in [0.05, 0.1) is 5.02 Å². The summed E-state index contributed by atoms with van der Waals surface area (Å²) in [5, 5.41) is 2.79. The molecule has 0 saturated heterocycles. The maximum atomic E-state index is 13.0. The molecule has 3 nitrogen and oxygen atoms in total. The number of aryl methyl sites for hydroxylation is 1. The largest absolute Gasteiger partial charge is 0.399 e. The van der Waals surface area contributed by atoms with Gasteiger partial charge >= 0.3 is 0 Å². The van der Waals surface area contributed by atoms with E-state index in [0.717, 1.165) is 11.1 Å². The fourth-order valence-electron chi connectivity index (χ4n) is 1.81. The second kappa shape index (κ2) is 5.92. The lowest BCUT2D eigenvalue weighted by Gasteiger charge is -2.09. The van der Waals surface area contributed by atoms with E-state index in [1.165, 1.54) is 12.1 Å². The molecule has 1 amide bonds. The average molecular weight is 293 g/mol. The van der Waals surface area contributed by atoms with Crippen molar-refractivity contribution in [3.8, 4) is 0 Å². The second-order valence-electron chi connectivity index (χ2n) is 4.51. The maximum Gasteiger partial charge on any atom is 0.251 e. The van der Waals surface area contributed by atoms with Gasteiger partial charge in [0.2, 0.25) is 0 Å². The van der Waals surface area contributed by atoms with Crippen LogP contribution in [0.4, 0.5) is 10.1 Å². The number of carbonyl (C=O) groups is 1. The summed E-state index contributed by atoms with van der Waals surface area (Å²) >= 11 is 5.69. The minimum atomic E-state index is -0.478. The number of nitrogens with two attached hydrogens (primary N) is 1. The highest BCUT2D eigenvalue weighted by atomic mass is 35.5. The van der Waals surface area contributed by atoms with Crippen LogP contribution in [0.3, 0.4) is 0 Å². The monoisotopic (exact) mass is 292 g/mol. The fourth-order valence-corrected chi connectivity index (χ4v) is 2.01. The summed E-state index contributed by atoms with van der Waals surface area (Å²) in [7, 11) is 0. The Balaban J connectivity index is 2.08. The summed E-state index contributed by atoms with van der Waals surface area (Å²) in [6.45, 7) is 2.11. The van der Waals surface area contributed by atoms with Gasteiger partial charge in [0.1, 0.15) is 5.82 Å². The van der Waals surface area contributed by atoms with Crippen LogP contribution in [0.2, 0.25) is 5.02 Å². The molecule has 0 fully saturated rings. The summed E-state index contributed by atoms with van der Waals surface area (Å²) in [5.74, 6) is -0.705. The molecule has 0 aliphatic rings. The van der Waals surface area contributed by atoms with E-state index < -0.39 is 5.82 Å². The summed E-state index contributed by atoms with van der Waals surface area (Å²) in [6, 6.07) is 9.50. The van der Waals surface area contributed by atoms with Gasteiger partial charge in [0, 0.05) is 17.8 Å². The SMILES string of the molecule is Cc1ccc(N)cc1C(=O)NCc1ccc(F)c(Cl)c1. The predicted molar refractivity (Wildman–Crippen MR) is 78.2 cm³/mol. The van der Waals surface area contributed by atoms with Crippen molar-refractivity contribution in [2.75, 3.05) is 5.73 Å². The van der Waals surface area contributed by atoms with Crippen LogP contribution >= 0.6 is 11.6 Å². The number of carbonyl (C=O) groups excluding carboxylic acids is 1. The van der Waals surface area contributed by atoms with Crippen LogP contribution in [0, 0.1) is 12.7 Å². The summed E-state index contributed by atoms with van der Waals surface area (Å²) in [5.41, 5.74) is 8.30. The molecule has 0 heterocycles. The van der Waals surface area contributed by atoms with Crippen LogP contribution in [-0.2, 0) is 6.54 Å². The number of nitrogens with one attached hydrogen (secondary N) is 1. The molecule has 2 aromatic carbocycles. The summed E-state index contributed by atoms with van der Waals surface area (Å²) in [4.78, 5) is 12.1. The molecular formula is C15H14ClFN2O. The highest BCUT2D eigenvalue weighted by molar-refractivity contribution is 6.30. The topological polar surface area (TPSA) is 55.1 Å². The molecule has 0 atom stereocenters. The van der Waals surface area contributed by atoms with Crippen molar-refractivity contribution in [1.29, 1.82) is 0 Å². The first-order valence-corrected chi connectivity index (χ1v) is 6.43. The van der Waals surface area contributed by atoms with E-state index in [2.05, 4.69) is 5.32 Å². The predicted octanol–water partition coefficient (Wildman–Crippen LogP) is 3.30. The number of anilines is 1. The third-order valence-corrected chi connectivity index (χ3v) is 3.23. The molecule has 0 spiro atoms. The Kier molecular flexibility index (Phi) is 4.25. The molecule has 0 unspecified atom stereocenters. The molecule has 0 saturated carbocycles. The number of rotatable bonds is 3. The Labute approximate surface area is 121 Å². The first-order valence-electron chi connectivity index (χ1n) is 6.05. The average Bonchev–Trinajstić information content (AvgIpc) is 2.42. The molecule has 3 N–H and O–H groups in total. The van der Waals surface area contributed by atoms with Crippen molar-refractivity contribution in [3.63, 3.8) is 0 Å². The van der Waals surface area contributed by atoms with Crippen LogP contribution in [0.15, 0.2) is 36.4 Å². The summed E-state index contributed by atoms with van der Waals surface area (Å²) < 4.78 is 13.0. The smallest absolute Gasteiger partial charge is 0.251 e. The van der Waals surface area contributed by atoms with E-state index in [1.54, 1.807) is 24.3 Å². The van der Waals surface area contributed by atoms with Gasteiger partial charge in [-0.05, 0) is 42.3 Å². The van der Waals surface area contributed by atoms with Gasteiger partial charge in [-0.1, -0.05) is 23.7 Å². The zero-order valence-corrected chi connectivity index (χ0v) is 11.7. The molecule has 20 heavy (non-hydrogen) atoms. The third-order valence-electron chi connectivity index (χ3n) is 2.94. The molecule has 2 aromatic rings. The molecule has 0 radical (unpaired) electrons. The van der Waals surface area contributed by atoms with Gasteiger partial charge in [-0.15, -0.1) is 0 Å². The zero-order valence-electron chi connectivity index (χ0n) is 10.9. The van der Waals surface area contributed by atoms with Gasteiger partial charge in [-0.2, -0.15) is 0 Å². The van der Waals surface area contributed by atoms with Crippen molar-refractivity contribution < 1.29 is 9.18 Å². The van der Waals surface area contributed by atoms with Crippen molar-refractivity contribution in [2.45, 2.75) is 13.5 Å². The van der Waals surface area contributed by atoms with E-state index >= 15 is 0 Å². The van der Waals surface area contributed by atoms with Crippen LogP contribution in [-0.4, -0.2) is 5.91 Å². The van der Waals surface area contributed by atoms with Gasteiger partial charge in [0.25, 0.3) is 5.91 Å². The fraction of sp³-hybridized carbons (Fsp3) is 0.133. The third kappa shape index (κ3) is 3.27. The quantitative estimate of drug-likeness (QED) is 0.853. The lowest BCUT2D eigenvalue weighted by molar-refractivity contribution is 0.0950. The minimum absolute atomic E-state index is 0.0388. The molecule has 0 aliphatic heterocycles. The van der Waals surface area contributed by atoms with Gasteiger partial charge in [0.15, 0.2) is 0 Å². The first-order chi connectivity index (χ1) is 9.47. The minimum Gasteiger partial charge on any atom is -0.399 e. The number of hydrogen-bond acceptors (Lipinski definition) is 2. The van der Waals surface area contributed by atoms with Crippen molar-refractivity contribution >= 4 is 23.2 Å². The normalized spacial score (nSPS) is 10.3. The number of amides is 1. The molecule has 0 aromatic heterocycles. The Morgan fingerprint density at radius 2 is 2.05 bits per heavy atom. The number of hydrogen-bond donors (Lipinski definition) is 2. The molecule has 0 bridgehead atoms. The van der Waals surface area contributed by atoms with E-state index in [0.29, 0.717) is 11.3 Å². The van der Waals surface area contributed by atoms with Crippen LogP contribution < -0.4 is 11.1 Å². The van der Waals surface area contributed by atoms with E-state index in [9.17, 15) is 9.18 Å². The Hall–Kier alpha value is -2.07. The second-order valence-corrected chi connectivity index (χ2v) is 4.91. The van der Waals surface area contributed by atoms with Gasteiger partial charge < -0.3 is 11.1 Å². The molecular weight excluding hydrogens is 279 g/mol. The Morgan fingerprint density at radius 3 is 2.75 bits per heavy atom. The molecule has 5 heteroatoms. The maximum absolute atomic E-state index is 13.0. The van der Waals surface area contributed by atoms with E-state index in [1.807, 2.05) is 6.92 Å². The van der Waals surface area contributed by atoms with Crippen molar-refractivity contribution in [1.82, 2.24) is 5.32 Å². The molecule has 0 aliphatic carbocycles. The molecule has 104 valence electrons. The molecule has 2 rings (SSSR count). The standard InChI is InChI=1S/C15H14ClFN2O/c1-9-2-4-11(18)7-12(9)15(20)19-8-10-3-5-14(17)13(16)6-10/h2-7H,8,18H2,1H3,(H,19,20). The first kappa shape index (κ1) is 14.3. The zero-order chi connectivity index (χ0) is 14.7. The van der Waals surface area contributed by atoms with Crippen molar-refractivity contribution in [2.24, 2.45) is 0 Å². The highest BCUT2D eigenvalue weighted by Gasteiger charge is 2.09. The summed E-state index contributed by atoms with van der Waals surface area (Å²) in [6.07, 6.45) is 0. The van der Waals surface area contributed by atoms with Crippen molar-refractivity contribution in [3.05, 3.63) is 63.9 Å². The highest BCUT2D eigenvalue weighted by Crippen LogP contribution is 2.16.